The number of hydrogen-bond donors (Lipinski definition) is 1. The van der Waals surface area contributed by atoms with Crippen LogP contribution in [0.3, 0.4) is 0 Å². The van der Waals surface area contributed by atoms with E-state index in [4.69, 9.17) is 0 Å². The molecule has 7 nitrogen and oxygen atoms in total. The summed E-state index contributed by atoms with van der Waals surface area (Å²) in [5.74, 6) is -0.467. The Morgan fingerprint density at radius 2 is 1.67 bits per heavy atom. The average molecular weight is 609 g/mol. The van der Waals surface area contributed by atoms with Crippen molar-refractivity contribution in [2.45, 2.75) is 43.9 Å². The van der Waals surface area contributed by atoms with Crippen molar-refractivity contribution in [3.63, 3.8) is 0 Å². The Bertz CT molecular complexity index is 1850. The van der Waals surface area contributed by atoms with Gasteiger partial charge >= 0.3 is 6.18 Å². The van der Waals surface area contributed by atoms with Crippen molar-refractivity contribution in [1.29, 1.82) is 0 Å². The van der Waals surface area contributed by atoms with E-state index in [1.54, 1.807) is 38.1 Å². The third-order valence-corrected chi connectivity index (χ3v) is 9.44. The van der Waals surface area contributed by atoms with Gasteiger partial charge in [-0.15, -0.1) is 0 Å². The quantitative estimate of drug-likeness (QED) is 0.199. The average Bonchev–Trinajstić information content (AvgIpc) is 3.40. The molecule has 2 heterocycles. The van der Waals surface area contributed by atoms with E-state index in [0.717, 1.165) is 32.9 Å². The number of benzene rings is 3. The van der Waals surface area contributed by atoms with Crippen LogP contribution in [0.1, 0.15) is 30.5 Å². The van der Waals surface area contributed by atoms with Gasteiger partial charge in [-0.05, 0) is 61.7 Å². The normalized spacial score (nSPS) is 12.4. The second kappa shape index (κ2) is 12.2. The van der Waals surface area contributed by atoms with Crippen molar-refractivity contribution in [2.24, 2.45) is 0 Å². The van der Waals surface area contributed by atoms with Crippen LogP contribution < -0.4 is 0 Å². The monoisotopic (exact) mass is 608 g/mol. The molecule has 0 aliphatic carbocycles. The fourth-order valence-electron chi connectivity index (χ4n) is 5.09. The number of nitrogens with one attached hydrogen (secondary N) is 1. The summed E-state index contributed by atoms with van der Waals surface area (Å²) < 4.78 is 68.5. The molecule has 2 aromatic heterocycles. The molecule has 0 fully saturated rings. The van der Waals surface area contributed by atoms with E-state index in [1.807, 2.05) is 30.5 Å². The first-order valence-electron chi connectivity index (χ1n) is 13.8. The third-order valence-electron chi connectivity index (χ3n) is 7.38. The largest absolute Gasteiger partial charge is 0.416 e. The van der Waals surface area contributed by atoms with Crippen LogP contribution in [0.15, 0.2) is 96.2 Å². The molecule has 0 saturated heterocycles. The van der Waals surface area contributed by atoms with Crippen molar-refractivity contribution in [3.8, 4) is 0 Å². The number of H-pyrrole nitrogens is 1. The number of aromatic amines is 1. The van der Waals surface area contributed by atoms with Crippen LogP contribution in [-0.4, -0.2) is 52.6 Å². The van der Waals surface area contributed by atoms with E-state index in [9.17, 15) is 26.4 Å². The Morgan fingerprint density at radius 1 is 0.953 bits per heavy atom. The number of alkyl halides is 3. The molecule has 43 heavy (non-hydrogen) atoms. The molecule has 0 unspecified atom stereocenters. The van der Waals surface area contributed by atoms with E-state index in [-0.39, 0.29) is 18.0 Å². The number of rotatable bonds is 10. The van der Waals surface area contributed by atoms with Crippen LogP contribution in [0.25, 0.3) is 21.8 Å². The molecule has 1 amide bonds. The second-order valence-corrected chi connectivity index (χ2v) is 12.5. The maximum atomic E-state index is 13.9. The molecule has 5 rings (SSSR count). The van der Waals surface area contributed by atoms with E-state index in [0.29, 0.717) is 22.9 Å². The van der Waals surface area contributed by atoms with Gasteiger partial charge in [0.1, 0.15) is 4.90 Å². The molecule has 0 atom stereocenters. The van der Waals surface area contributed by atoms with E-state index >= 15 is 0 Å². The smallest absolute Gasteiger partial charge is 0.361 e. The number of sulfonamides is 1. The number of carbonyl (C=O) groups excluding carboxylic acids is 1. The van der Waals surface area contributed by atoms with Crippen molar-refractivity contribution in [1.82, 2.24) is 19.2 Å². The van der Waals surface area contributed by atoms with E-state index in [2.05, 4.69) is 9.97 Å². The molecule has 3 aromatic carbocycles. The predicted molar refractivity (Wildman–Crippen MR) is 160 cm³/mol. The third kappa shape index (κ3) is 6.57. The van der Waals surface area contributed by atoms with Gasteiger partial charge in [0.15, 0.2) is 0 Å². The highest BCUT2D eigenvalue weighted by atomic mass is 32.2. The molecule has 0 saturated carbocycles. The number of aromatic nitrogens is 2. The molecule has 224 valence electrons. The second-order valence-electron chi connectivity index (χ2n) is 10.6. The Morgan fingerprint density at radius 3 is 2.40 bits per heavy atom. The molecule has 11 heteroatoms. The Balaban J connectivity index is 1.44. The lowest BCUT2D eigenvalue weighted by molar-refractivity contribution is -0.137. The van der Waals surface area contributed by atoms with Crippen LogP contribution in [0.2, 0.25) is 0 Å². The highest BCUT2D eigenvalue weighted by Crippen LogP contribution is 2.30. The summed E-state index contributed by atoms with van der Waals surface area (Å²) in [5, 5.41) is 1.65. The molecule has 0 bridgehead atoms. The van der Waals surface area contributed by atoms with Gasteiger partial charge in [-0.3, -0.25) is 9.78 Å². The molecule has 0 aliphatic rings. The lowest BCUT2D eigenvalue weighted by Crippen LogP contribution is -2.46. The Kier molecular flexibility index (Phi) is 8.57. The summed E-state index contributed by atoms with van der Waals surface area (Å²) in [6.07, 6.45) is -0.642. The minimum atomic E-state index is -4.48. The summed E-state index contributed by atoms with van der Waals surface area (Å²) in [6.45, 7) is 3.17. The van der Waals surface area contributed by atoms with Crippen molar-refractivity contribution >= 4 is 37.7 Å². The van der Waals surface area contributed by atoms with Crippen LogP contribution in [0.5, 0.6) is 0 Å². The maximum Gasteiger partial charge on any atom is 0.416 e. The first-order chi connectivity index (χ1) is 20.4. The number of amides is 1. The van der Waals surface area contributed by atoms with E-state index in [1.165, 1.54) is 29.3 Å². The highest BCUT2D eigenvalue weighted by Gasteiger charge is 2.33. The molecule has 0 radical (unpaired) electrons. The van der Waals surface area contributed by atoms with Gasteiger partial charge in [0, 0.05) is 47.8 Å². The van der Waals surface area contributed by atoms with Crippen molar-refractivity contribution < 1.29 is 26.4 Å². The van der Waals surface area contributed by atoms with Gasteiger partial charge in [-0.2, -0.15) is 17.5 Å². The Hall–Kier alpha value is -4.22. The maximum absolute atomic E-state index is 13.9. The summed E-state index contributed by atoms with van der Waals surface area (Å²) in [4.78, 5) is 22.9. The van der Waals surface area contributed by atoms with Gasteiger partial charge in [-0.1, -0.05) is 48.5 Å². The number of hydrogen-bond acceptors (Lipinski definition) is 4. The van der Waals surface area contributed by atoms with Crippen molar-refractivity contribution in [3.05, 3.63) is 108 Å². The predicted octanol–water partition coefficient (Wildman–Crippen LogP) is 6.41. The number of nitrogens with zero attached hydrogens (tertiary/aromatic N) is 3. The van der Waals surface area contributed by atoms with Crippen LogP contribution >= 0.6 is 0 Å². The first-order valence-corrected chi connectivity index (χ1v) is 15.2. The molecule has 5 aromatic rings. The Labute approximate surface area is 248 Å². The zero-order valence-electron chi connectivity index (χ0n) is 23.7. The first kappa shape index (κ1) is 30.2. The van der Waals surface area contributed by atoms with Crippen molar-refractivity contribution in [2.75, 3.05) is 13.1 Å². The lowest BCUT2D eigenvalue weighted by atomic mass is 10.1. The lowest BCUT2D eigenvalue weighted by Gasteiger charge is -2.30. The number of fused-ring (bicyclic) bond motifs is 2. The topological polar surface area (TPSA) is 86.4 Å². The summed E-state index contributed by atoms with van der Waals surface area (Å²) in [7, 11) is -4.14. The van der Waals surface area contributed by atoms with Crippen LogP contribution in [-0.2, 0) is 34.0 Å². The number of pyridine rings is 1. The van der Waals surface area contributed by atoms with Gasteiger partial charge in [0.05, 0.1) is 17.6 Å². The number of para-hydroxylation sites is 2. The van der Waals surface area contributed by atoms with Gasteiger partial charge < -0.3 is 9.88 Å². The number of halogens is 3. The standard InChI is InChI=1S/C32H31F3N4O3S/c1-22(2)39(43(41,42)29-11-5-7-24-8-6-17-36-31(24)29)21-30(40)38(20-23-12-14-26(15-13-23)32(33,34)35)18-16-25-19-37-28-10-4-3-9-27(25)28/h3-15,17,19,22,37H,16,18,20-21H2,1-2H3. The molecule has 0 spiro atoms. The molecular weight excluding hydrogens is 577 g/mol. The van der Waals surface area contributed by atoms with Crippen LogP contribution in [0.4, 0.5) is 13.2 Å². The van der Waals surface area contributed by atoms with E-state index < -0.39 is 40.3 Å². The zero-order chi connectivity index (χ0) is 30.8. The SMILES string of the molecule is CC(C)N(CC(=O)N(CCc1c[nH]c2ccccc12)Cc1ccc(C(F)(F)F)cc1)S(=O)(=O)c1cccc2cccnc12. The zero-order valence-corrected chi connectivity index (χ0v) is 24.5. The van der Waals surface area contributed by atoms with Gasteiger partial charge in [0.2, 0.25) is 15.9 Å². The van der Waals surface area contributed by atoms with Gasteiger partial charge in [0.25, 0.3) is 0 Å². The minimum absolute atomic E-state index is 0.000169. The molecule has 0 aliphatic heterocycles. The fraction of sp³-hybridized carbons (Fsp3) is 0.250. The summed E-state index contributed by atoms with van der Waals surface area (Å²) in [6, 6.07) is 20.2. The fourth-order valence-corrected chi connectivity index (χ4v) is 6.85. The minimum Gasteiger partial charge on any atom is -0.361 e. The van der Waals surface area contributed by atoms with Crippen LogP contribution in [0, 0.1) is 0 Å². The summed E-state index contributed by atoms with van der Waals surface area (Å²) >= 11 is 0. The molecular formula is C32H31F3N4O3S. The summed E-state index contributed by atoms with van der Waals surface area (Å²) in [5.41, 5.74) is 1.94. The van der Waals surface area contributed by atoms with Gasteiger partial charge in [-0.25, -0.2) is 8.42 Å². The molecule has 1 N–H and O–H groups in total. The number of carbonyl (C=O) groups is 1. The highest BCUT2D eigenvalue weighted by molar-refractivity contribution is 7.89.